The van der Waals surface area contributed by atoms with Gasteiger partial charge in [-0.2, -0.15) is 0 Å². The summed E-state index contributed by atoms with van der Waals surface area (Å²) in [5.41, 5.74) is 6.95. The lowest BCUT2D eigenvalue weighted by Gasteiger charge is -2.26. The normalized spacial score (nSPS) is 20.0. The molecular formula is C28H24N2O5. The van der Waals surface area contributed by atoms with E-state index in [1.165, 1.54) is 4.90 Å². The molecule has 0 spiro atoms. The van der Waals surface area contributed by atoms with Gasteiger partial charge in [0, 0.05) is 12.3 Å². The van der Waals surface area contributed by atoms with Gasteiger partial charge in [0.1, 0.15) is 18.7 Å². The van der Waals surface area contributed by atoms with E-state index in [1.807, 2.05) is 54.6 Å². The maximum absolute atomic E-state index is 13.4. The minimum Gasteiger partial charge on any atom is -0.480 e. The molecule has 0 bridgehead atoms. The summed E-state index contributed by atoms with van der Waals surface area (Å²) >= 11 is 0. The molecule has 2 heterocycles. The molecule has 3 aliphatic rings. The molecule has 2 aliphatic heterocycles. The number of aliphatic carboxylic acids is 1. The molecule has 0 saturated heterocycles. The predicted octanol–water partition coefficient (Wildman–Crippen LogP) is 3.88. The Kier molecular flexibility index (Phi) is 5.06. The van der Waals surface area contributed by atoms with Gasteiger partial charge in [-0.15, -0.1) is 0 Å². The zero-order valence-corrected chi connectivity index (χ0v) is 18.9. The lowest BCUT2D eigenvalue weighted by molar-refractivity contribution is -0.140. The van der Waals surface area contributed by atoms with Crippen molar-refractivity contribution in [3.05, 3.63) is 89.0 Å². The number of carbonyl (C=O) groups excluding carboxylic acids is 2. The molecule has 2 unspecified atom stereocenters. The summed E-state index contributed by atoms with van der Waals surface area (Å²) < 4.78 is 5.63. The Morgan fingerprint density at radius 2 is 1.60 bits per heavy atom. The average molecular weight is 469 g/mol. The summed E-state index contributed by atoms with van der Waals surface area (Å²) in [5, 5.41) is 12.5. The van der Waals surface area contributed by atoms with Crippen molar-refractivity contribution >= 4 is 23.7 Å². The molecule has 2 amide bonds. The van der Waals surface area contributed by atoms with Crippen LogP contribution in [0.1, 0.15) is 34.6 Å². The molecule has 7 heteroatoms. The number of hydrogen-bond donors (Lipinski definition) is 2. The van der Waals surface area contributed by atoms with Crippen LogP contribution in [0.5, 0.6) is 0 Å². The van der Waals surface area contributed by atoms with Crippen LogP contribution in [0.25, 0.3) is 11.1 Å². The molecule has 7 nitrogen and oxygen atoms in total. The summed E-state index contributed by atoms with van der Waals surface area (Å²) in [7, 11) is 0. The van der Waals surface area contributed by atoms with Crippen molar-refractivity contribution in [3.63, 3.8) is 0 Å². The Labute approximate surface area is 202 Å². The minimum atomic E-state index is -1.05. The van der Waals surface area contributed by atoms with Crippen molar-refractivity contribution in [2.45, 2.75) is 37.3 Å². The second-order valence-electron chi connectivity index (χ2n) is 9.25. The molecule has 0 saturated carbocycles. The van der Waals surface area contributed by atoms with Crippen LogP contribution in [0.2, 0.25) is 0 Å². The van der Waals surface area contributed by atoms with Crippen LogP contribution < -0.4 is 10.2 Å². The summed E-state index contributed by atoms with van der Waals surface area (Å²) in [6.07, 6.45) is 0.526. The number of alkyl carbamates (subject to hydrolysis) is 1. The molecular weight excluding hydrogens is 444 g/mol. The van der Waals surface area contributed by atoms with Crippen molar-refractivity contribution < 1.29 is 24.2 Å². The van der Waals surface area contributed by atoms with Crippen molar-refractivity contribution in [2.75, 3.05) is 11.5 Å². The number of nitrogens with one attached hydrogen (secondary N) is 1. The highest BCUT2D eigenvalue weighted by Crippen LogP contribution is 2.44. The molecule has 176 valence electrons. The predicted molar refractivity (Wildman–Crippen MR) is 129 cm³/mol. The molecule has 6 rings (SSSR count). The number of para-hydroxylation sites is 1. The summed E-state index contributed by atoms with van der Waals surface area (Å²) in [4.78, 5) is 39.5. The standard InChI is InChI=1S/C28H24N2O5/c31-26-23(13-12-16-6-5-7-17-14-24(27(32)33)30(26)25(16)17)29-28(34)35-15-22-20-10-3-1-8-18(20)19-9-2-4-11-21(19)22/h1-11,22-24H,12-15H2,(H,29,34)(H,32,33). The van der Waals surface area contributed by atoms with Crippen molar-refractivity contribution in [3.8, 4) is 11.1 Å². The highest BCUT2D eigenvalue weighted by Gasteiger charge is 2.44. The number of benzene rings is 3. The summed E-state index contributed by atoms with van der Waals surface area (Å²) in [6, 6.07) is 20.0. The van der Waals surface area contributed by atoms with Gasteiger partial charge in [0.25, 0.3) is 5.91 Å². The number of aryl methyl sites for hydroxylation is 1. The van der Waals surface area contributed by atoms with Gasteiger partial charge in [-0.25, -0.2) is 9.59 Å². The first-order valence-corrected chi connectivity index (χ1v) is 11.8. The third kappa shape index (κ3) is 3.46. The van der Waals surface area contributed by atoms with Crippen LogP contribution in [0.3, 0.4) is 0 Å². The smallest absolute Gasteiger partial charge is 0.407 e. The third-order valence-corrected chi connectivity index (χ3v) is 7.33. The molecule has 0 aromatic heterocycles. The quantitative estimate of drug-likeness (QED) is 0.606. The molecule has 1 aliphatic carbocycles. The Hall–Kier alpha value is -4.13. The van der Waals surface area contributed by atoms with Gasteiger partial charge in [-0.05, 0) is 46.2 Å². The van der Waals surface area contributed by atoms with Gasteiger partial charge in [-0.3, -0.25) is 9.69 Å². The topological polar surface area (TPSA) is 95.9 Å². The Morgan fingerprint density at radius 3 is 2.29 bits per heavy atom. The number of carbonyl (C=O) groups is 3. The monoisotopic (exact) mass is 468 g/mol. The van der Waals surface area contributed by atoms with Crippen LogP contribution in [0.15, 0.2) is 66.7 Å². The molecule has 3 aromatic carbocycles. The Morgan fingerprint density at radius 1 is 0.943 bits per heavy atom. The van der Waals surface area contributed by atoms with Gasteiger partial charge in [-0.1, -0.05) is 66.7 Å². The van der Waals surface area contributed by atoms with Crippen LogP contribution >= 0.6 is 0 Å². The zero-order chi connectivity index (χ0) is 24.1. The van der Waals surface area contributed by atoms with Crippen molar-refractivity contribution in [1.82, 2.24) is 5.32 Å². The average Bonchev–Trinajstić information content (AvgIpc) is 3.37. The van der Waals surface area contributed by atoms with E-state index in [9.17, 15) is 19.5 Å². The largest absolute Gasteiger partial charge is 0.480 e. The molecule has 0 fully saturated rings. The van der Waals surface area contributed by atoms with Gasteiger partial charge in [0.05, 0.1) is 5.69 Å². The zero-order valence-electron chi connectivity index (χ0n) is 18.9. The number of nitrogens with zero attached hydrogens (tertiary/aromatic N) is 1. The molecule has 2 N–H and O–H groups in total. The number of rotatable bonds is 4. The molecule has 3 aromatic rings. The van der Waals surface area contributed by atoms with Gasteiger partial charge in [0.2, 0.25) is 0 Å². The number of amides is 2. The first kappa shape index (κ1) is 21.4. The number of hydrogen-bond acceptors (Lipinski definition) is 4. The van der Waals surface area contributed by atoms with E-state index in [-0.39, 0.29) is 18.9 Å². The van der Waals surface area contributed by atoms with E-state index >= 15 is 0 Å². The van der Waals surface area contributed by atoms with E-state index in [1.54, 1.807) is 0 Å². The second kappa shape index (κ2) is 8.27. The first-order chi connectivity index (χ1) is 17.0. The van der Waals surface area contributed by atoms with E-state index in [2.05, 4.69) is 17.4 Å². The van der Waals surface area contributed by atoms with Crippen molar-refractivity contribution in [1.29, 1.82) is 0 Å². The van der Waals surface area contributed by atoms with Crippen LogP contribution in [0, 0.1) is 0 Å². The summed E-state index contributed by atoms with van der Waals surface area (Å²) in [5.74, 6) is -1.54. The van der Waals surface area contributed by atoms with Crippen molar-refractivity contribution in [2.24, 2.45) is 0 Å². The lowest BCUT2D eigenvalue weighted by atomic mass is 9.98. The number of anilines is 1. The fraction of sp³-hybridized carbons (Fsp3) is 0.250. The molecule has 2 atom stereocenters. The fourth-order valence-corrected chi connectivity index (χ4v) is 5.74. The highest BCUT2D eigenvalue weighted by atomic mass is 16.5. The minimum absolute atomic E-state index is 0.0835. The number of ether oxygens (including phenoxy) is 1. The van der Waals surface area contributed by atoms with E-state index in [4.69, 9.17) is 4.74 Å². The van der Waals surface area contributed by atoms with Crippen LogP contribution in [-0.4, -0.2) is 41.8 Å². The fourth-order valence-electron chi connectivity index (χ4n) is 5.74. The lowest BCUT2D eigenvalue weighted by Crippen LogP contribution is -2.52. The van der Waals surface area contributed by atoms with Gasteiger partial charge < -0.3 is 15.2 Å². The van der Waals surface area contributed by atoms with E-state index in [0.29, 0.717) is 18.5 Å². The van der Waals surface area contributed by atoms with Gasteiger partial charge >= 0.3 is 12.1 Å². The highest BCUT2D eigenvalue weighted by molar-refractivity contribution is 6.06. The SMILES string of the molecule is O=C(NC1CCc2cccc3c2N(C1=O)C(C(=O)O)C3)OCC1c2ccccc2-c2ccccc21. The Balaban J connectivity index is 1.19. The molecule has 0 radical (unpaired) electrons. The maximum Gasteiger partial charge on any atom is 0.407 e. The number of carboxylic acid groups (broad SMARTS) is 1. The number of carboxylic acids is 1. The first-order valence-electron chi connectivity index (χ1n) is 11.8. The number of fused-ring (bicyclic) bond motifs is 3. The van der Waals surface area contributed by atoms with Gasteiger partial charge in [0.15, 0.2) is 0 Å². The van der Waals surface area contributed by atoms with E-state index < -0.39 is 30.1 Å². The summed E-state index contributed by atoms with van der Waals surface area (Å²) in [6.45, 7) is 0.145. The Bertz CT molecular complexity index is 1320. The maximum atomic E-state index is 13.4. The van der Waals surface area contributed by atoms with Crippen LogP contribution in [-0.2, 0) is 27.2 Å². The second-order valence-corrected chi connectivity index (χ2v) is 9.25. The molecule has 35 heavy (non-hydrogen) atoms. The third-order valence-electron chi connectivity index (χ3n) is 7.33. The van der Waals surface area contributed by atoms with Crippen LogP contribution in [0.4, 0.5) is 10.5 Å². The van der Waals surface area contributed by atoms with E-state index in [0.717, 1.165) is 33.4 Å².